The summed E-state index contributed by atoms with van der Waals surface area (Å²) in [5.41, 5.74) is 3.67. The summed E-state index contributed by atoms with van der Waals surface area (Å²) >= 11 is 0. The van der Waals surface area contributed by atoms with Gasteiger partial charge in [0.15, 0.2) is 0 Å². The van der Waals surface area contributed by atoms with Crippen molar-refractivity contribution in [3.63, 3.8) is 0 Å². The number of ether oxygens (including phenoxy) is 1. The Morgan fingerprint density at radius 3 is 2.42 bits per heavy atom. The van der Waals surface area contributed by atoms with Crippen molar-refractivity contribution in [3.05, 3.63) is 34.9 Å². The first-order chi connectivity index (χ1) is 9.10. The summed E-state index contributed by atoms with van der Waals surface area (Å²) in [5, 5.41) is 3.46. The van der Waals surface area contributed by atoms with Crippen LogP contribution in [0.3, 0.4) is 0 Å². The Balaban J connectivity index is 2.92. The Labute approximate surface area is 116 Å². The molecule has 1 aromatic carbocycles. The van der Waals surface area contributed by atoms with Crippen LogP contribution in [-0.2, 0) is 9.53 Å². The summed E-state index contributed by atoms with van der Waals surface area (Å²) in [7, 11) is 0. The molecule has 3 nitrogen and oxygen atoms in total. The molecule has 0 aliphatic rings. The van der Waals surface area contributed by atoms with Gasteiger partial charge in [0.25, 0.3) is 0 Å². The molecule has 1 rings (SSSR count). The molecule has 3 heteroatoms. The first-order valence-electron chi connectivity index (χ1n) is 7.05. The van der Waals surface area contributed by atoms with Crippen LogP contribution in [0.15, 0.2) is 18.2 Å². The van der Waals surface area contributed by atoms with E-state index in [4.69, 9.17) is 4.74 Å². The van der Waals surface area contributed by atoms with Gasteiger partial charge in [0.1, 0.15) is 0 Å². The third kappa shape index (κ3) is 4.67. The molecule has 1 aromatic rings. The Bertz CT molecular complexity index is 395. The zero-order valence-electron chi connectivity index (χ0n) is 12.5. The summed E-state index contributed by atoms with van der Waals surface area (Å²) in [6, 6.07) is 6.28. The number of hydrogen-bond donors (Lipinski definition) is 1. The third-order valence-electron chi connectivity index (χ3n) is 3.21. The summed E-state index contributed by atoms with van der Waals surface area (Å²) in [4.78, 5) is 11.8. The van der Waals surface area contributed by atoms with Gasteiger partial charge in [-0.05, 0) is 50.4 Å². The van der Waals surface area contributed by atoms with Crippen LogP contribution in [0.2, 0.25) is 0 Å². The van der Waals surface area contributed by atoms with E-state index >= 15 is 0 Å². The van der Waals surface area contributed by atoms with Crippen molar-refractivity contribution < 1.29 is 9.53 Å². The minimum atomic E-state index is -0.140. The zero-order chi connectivity index (χ0) is 14.3. The van der Waals surface area contributed by atoms with Crippen molar-refractivity contribution in [2.24, 2.45) is 0 Å². The smallest absolute Gasteiger partial charge is 0.307 e. The van der Waals surface area contributed by atoms with Crippen molar-refractivity contribution in [2.45, 2.75) is 46.6 Å². The molecule has 0 aliphatic carbocycles. The number of carbonyl (C=O) groups is 1. The van der Waals surface area contributed by atoms with Gasteiger partial charge in [-0.15, -0.1) is 0 Å². The molecule has 0 spiro atoms. The zero-order valence-corrected chi connectivity index (χ0v) is 12.5. The van der Waals surface area contributed by atoms with Gasteiger partial charge in [0.2, 0.25) is 0 Å². The van der Waals surface area contributed by atoms with Gasteiger partial charge in [0, 0.05) is 6.04 Å². The second-order valence-corrected chi connectivity index (χ2v) is 4.82. The van der Waals surface area contributed by atoms with Gasteiger partial charge in [0.05, 0.1) is 13.0 Å². The topological polar surface area (TPSA) is 38.3 Å². The maximum Gasteiger partial charge on any atom is 0.307 e. The number of carbonyl (C=O) groups excluding carboxylic acids is 1. The molecule has 0 radical (unpaired) electrons. The molecule has 1 N–H and O–H groups in total. The molecule has 0 saturated carbocycles. The van der Waals surface area contributed by atoms with Crippen molar-refractivity contribution >= 4 is 5.97 Å². The lowest BCUT2D eigenvalue weighted by molar-refractivity contribution is -0.143. The second-order valence-electron chi connectivity index (χ2n) is 4.82. The van der Waals surface area contributed by atoms with Crippen molar-refractivity contribution in [2.75, 3.05) is 13.2 Å². The number of aryl methyl sites for hydroxylation is 2. The predicted octanol–water partition coefficient (Wildman–Crippen LogP) is 3.30. The number of rotatable bonds is 7. The Morgan fingerprint density at radius 2 is 1.89 bits per heavy atom. The molecule has 0 aliphatic heterocycles. The summed E-state index contributed by atoms with van der Waals surface area (Å²) in [6.07, 6.45) is 1.43. The minimum absolute atomic E-state index is 0.0419. The highest BCUT2D eigenvalue weighted by Gasteiger charge is 2.19. The molecule has 1 atom stereocenters. The highest BCUT2D eigenvalue weighted by molar-refractivity contribution is 5.70. The normalized spacial score (nSPS) is 12.2. The van der Waals surface area contributed by atoms with Gasteiger partial charge in [-0.25, -0.2) is 0 Å². The van der Waals surface area contributed by atoms with E-state index < -0.39 is 0 Å². The largest absolute Gasteiger partial charge is 0.466 e. The van der Waals surface area contributed by atoms with E-state index in [0.29, 0.717) is 13.0 Å². The van der Waals surface area contributed by atoms with E-state index in [0.717, 1.165) is 13.0 Å². The Kier molecular flexibility index (Phi) is 6.57. The van der Waals surface area contributed by atoms with E-state index in [9.17, 15) is 4.79 Å². The lowest BCUT2D eigenvalue weighted by atomic mass is 9.94. The maximum atomic E-state index is 11.8. The monoisotopic (exact) mass is 263 g/mol. The highest BCUT2D eigenvalue weighted by Crippen LogP contribution is 2.25. The van der Waals surface area contributed by atoms with Crippen molar-refractivity contribution in [1.29, 1.82) is 0 Å². The molecule has 0 saturated heterocycles. The Hall–Kier alpha value is -1.35. The molecular formula is C16H25NO2. The molecule has 0 heterocycles. The van der Waals surface area contributed by atoms with Gasteiger partial charge in [-0.3, -0.25) is 4.79 Å². The molecule has 0 fully saturated rings. The number of benzene rings is 1. The van der Waals surface area contributed by atoms with Gasteiger partial charge in [-0.1, -0.05) is 25.1 Å². The average Bonchev–Trinajstić information content (AvgIpc) is 2.35. The molecule has 0 amide bonds. The van der Waals surface area contributed by atoms with E-state index in [-0.39, 0.29) is 12.0 Å². The summed E-state index contributed by atoms with van der Waals surface area (Å²) in [5.74, 6) is -0.140. The Morgan fingerprint density at radius 1 is 1.26 bits per heavy atom. The van der Waals surface area contributed by atoms with E-state index in [1.807, 2.05) is 6.92 Å². The lowest BCUT2D eigenvalue weighted by Crippen LogP contribution is -2.26. The second kappa shape index (κ2) is 7.95. The van der Waals surface area contributed by atoms with Crippen molar-refractivity contribution in [1.82, 2.24) is 5.32 Å². The first-order valence-corrected chi connectivity index (χ1v) is 7.05. The number of hydrogen-bond acceptors (Lipinski definition) is 3. The summed E-state index contributed by atoms with van der Waals surface area (Å²) in [6.45, 7) is 9.48. The third-order valence-corrected chi connectivity index (χ3v) is 3.21. The number of esters is 1. The quantitative estimate of drug-likeness (QED) is 0.767. The molecular weight excluding hydrogens is 238 g/mol. The van der Waals surface area contributed by atoms with Crippen LogP contribution >= 0.6 is 0 Å². The average molecular weight is 263 g/mol. The van der Waals surface area contributed by atoms with Crippen LogP contribution in [0.4, 0.5) is 0 Å². The fourth-order valence-electron chi connectivity index (χ4n) is 2.36. The molecule has 19 heavy (non-hydrogen) atoms. The van der Waals surface area contributed by atoms with Gasteiger partial charge < -0.3 is 10.1 Å². The van der Waals surface area contributed by atoms with Crippen molar-refractivity contribution in [3.8, 4) is 0 Å². The van der Waals surface area contributed by atoms with E-state index in [1.165, 1.54) is 16.7 Å². The fraction of sp³-hybridized carbons (Fsp3) is 0.562. The molecule has 106 valence electrons. The fourth-order valence-corrected chi connectivity index (χ4v) is 2.36. The van der Waals surface area contributed by atoms with Gasteiger partial charge >= 0.3 is 5.97 Å². The SMILES string of the molecule is CCCNC(CC(=O)OCC)c1c(C)cccc1C. The molecule has 0 bridgehead atoms. The minimum Gasteiger partial charge on any atom is -0.466 e. The van der Waals surface area contributed by atoms with E-state index in [2.05, 4.69) is 44.3 Å². The standard InChI is InChI=1S/C16H25NO2/c1-5-10-17-14(11-15(18)19-6-2)16-12(3)8-7-9-13(16)4/h7-9,14,17H,5-6,10-11H2,1-4H3. The lowest BCUT2D eigenvalue weighted by Gasteiger charge is -2.22. The predicted molar refractivity (Wildman–Crippen MR) is 78.2 cm³/mol. The van der Waals surface area contributed by atoms with Crippen LogP contribution in [0, 0.1) is 13.8 Å². The first kappa shape index (κ1) is 15.7. The van der Waals surface area contributed by atoms with Crippen LogP contribution in [0.5, 0.6) is 0 Å². The van der Waals surface area contributed by atoms with Crippen LogP contribution < -0.4 is 5.32 Å². The van der Waals surface area contributed by atoms with Gasteiger partial charge in [-0.2, -0.15) is 0 Å². The number of nitrogens with one attached hydrogen (secondary N) is 1. The van der Waals surface area contributed by atoms with Crippen LogP contribution in [-0.4, -0.2) is 19.1 Å². The van der Waals surface area contributed by atoms with Crippen LogP contribution in [0.25, 0.3) is 0 Å². The van der Waals surface area contributed by atoms with E-state index in [1.54, 1.807) is 0 Å². The highest BCUT2D eigenvalue weighted by atomic mass is 16.5. The van der Waals surface area contributed by atoms with Crippen LogP contribution in [0.1, 0.15) is 49.4 Å². The maximum absolute atomic E-state index is 11.8. The summed E-state index contributed by atoms with van der Waals surface area (Å²) < 4.78 is 5.07. The molecule has 1 unspecified atom stereocenters. The molecule has 0 aromatic heterocycles.